The number of hydrogen-bond donors (Lipinski definition) is 2. The van der Waals surface area contributed by atoms with Crippen LogP contribution in [-0.4, -0.2) is 38.8 Å². The monoisotopic (exact) mass is 392 g/mol. The van der Waals surface area contributed by atoms with Gasteiger partial charge >= 0.3 is 0 Å². The number of pyridine rings is 1. The molecule has 2 N–H and O–H groups in total. The highest BCUT2D eigenvalue weighted by atomic mass is 16.6. The normalized spacial score (nSPS) is 10.7. The van der Waals surface area contributed by atoms with Gasteiger partial charge in [0.1, 0.15) is 23.9 Å². The molecule has 0 fully saturated rings. The molecule has 0 amide bonds. The second-order valence-electron chi connectivity index (χ2n) is 5.73. The molecule has 29 heavy (non-hydrogen) atoms. The number of aromatic nitrogens is 4. The number of rotatable bonds is 6. The largest absolute Gasteiger partial charge is 0.372 e. The van der Waals surface area contributed by atoms with Crippen molar-refractivity contribution in [3.63, 3.8) is 0 Å². The lowest BCUT2D eigenvalue weighted by Gasteiger charge is -2.11. The van der Waals surface area contributed by atoms with Gasteiger partial charge in [-0.2, -0.15) is 10.2 Å². The number of nitrogens with one attached hydrogen (secondary N) is 2. The van der Waals surface area contributed by atoms with Gasteiger partial charge < -0.3 is 10.6 Å². The molecular formula is C17H16N10O2. The van der Waals surface area contributed by atoms with Crippen molar-refractivity contribution in [1.29, 1.82) is 5.26 Å². The summed E-state index contributed by atoms with van der Waals surface area (Å²) in [5.41, 5.74) is 1.94. The lowest BCUT2D eigenvalue weighted by molar-refractivity contribution is -0.384. The van der Waals surface area contributed by atoms with Crippen LogP contribution in [0.1, 0.15) is 11.1 Å². The summed E-state index contributed by atoms with van der Waals surface area (Å²) in [6, 6.07) is 7.96. The van der Waals surface area contributed by atoms with Gasteiger partial charge in [-0.25, -0.2) is 9.67 Å². The molecule has 3 rings (SSSR count). The van der Waals surface area contributed by atoms with E-state index < -0.39 is 4.92 Å². The molecule has 0 unspecified atom stereocenters. The average molecular weight is 392 g/mol. The lowest BCUT2D eigenvalue weighted by atomic mass is 10.1. The van der Waals surface area contributed by atoms with Gasteiger partial charge in [0.05, 0.1) is 16.2 Å². The van der Waals surface area contributed by atoms with Crippen LogP contribution in [0.5, 0.6) is 0 Å². The summed E-state index contributed by atoms with van der Waals surface area (Å²) in [7, 11) is 3.37. The number of nitro benzene ring substituents is 1. The molecule has 1 aromatic carbocycles. The summed E-state index contributed by atoms with van der Waals surface area (Å²) in [6.45, 7) is 1.75. The summed E-state index contributed by atoms with van der Waals surface area (Å²) in [6.07, 6.45) is 1.42. The van der Waals surface area contributed by atoms with Crippen LogP contribution in [-0.2, 0) is 0 Å². The SMILES string of the molecule is CNc1nc(NC)c(/N=N/c2ncn(-c3ccc([N+](=O)[O-])cc3)n2)c(C)c1C#N. The molecule has 0 aliphatic rings. The minimum Gasteiger partial charge on any atom is -0.372 e. The third-order valence-corrected chi connectivity index (χ3v) is 4.04. The molecular weight excluding hydrogens is 376 g/mol. The molecule has 0 aliphatic carbocycles. The zero-order valence-corrected chi connectivity index (χ0v) is 15.8. The molecule has 0 atom stereocenters. The molecule has 0 radical (unpaired) electrons. The first-order chi connectivity index (χ1) is 14.0. The Morgan fingerprint density at radius 2 is 1.86 bits per heavy atom. The maximum absolute atomic E-state index is 10.7. The zero-order chi connectivity index (χ0) is 21.0. The maximum Gasteiger partial charge on any atom is 0.287 e. The van der Waals surface area contributed by atoms with Crippen LogP contribution in [0.4, 0.5) is 29.0 Å². The van der Waals surface area contributed by atoms with Gasteiger partial charge in [-0.3, -0.25) is 10.1 Å². The van der Waals surface area contributed by atoms with E-state index >= 15 is 0 Å². The second kappa shape index (κ2) is 8.09. The fourth-order valence-corrected chi connectivity index (χ4v) is 2.55. The first-order valence-electron chi connectivity index (χ1n) is 8.37. The molecule has 0 spiro atoms. The van der Waals surface area contributed by atoms with E-state index in [9.17, 15) is 15.4 Å². The van der Waals surface area contributed by atoms with E-state index in [1.54, 1.807) is 33.2 Å². The van der Waals surface area contributed by atoms with Crippen LogP contribution < -0.4 is 10.6 Å². The summed E-state index contributed by atoms with van der Waals surface area (Å²) < 4.78 is 1.42. The van der Waals surface area contributed by atoms with Gasteiger partial charge in [-0.05, 0) is 19.1 Å². The second-order valence-corrected chi connectivity index (χ2v) is 5.73. The number of nitriles is 1. The van der Waals surface area contributed by atoms with Gasteiger partial charge in [-0.1, -0.05) is 0 Å². The number of anilines is 2. The van der Waals surface area contributed by atoms with Crippen molar-refractivity contribution in [1.82, 2.24) is 19.7 Å². The number of non-ortho nitro benzene ring substituents is 1. The number of nitrogens with zero attached hydrogens (tertiary/aromatic N) is 8. The molecule has 3 aromatic rings. The fraction of sp³-hybridized carbons (Fsp3) is 0.176. The maximum atomic E-state index is 10.7. The smallest absolute Gasteiger partial charge is 0.287 e. The fourth-order valence-electron chi connectivity index (χ4n) is 2.55. The number of azo groups is 1. The lowest BCUT2D eigenvalue weighted by Crippen LogP contribution is -2.03. The summed E-state index contributed by atoms with van der Waals surface area (Å²) >= 11 is 0. The van der Waals surface area contributed by atoms with Crippen LogP contribution in [0.2, 0.25) is 0 Å². The van der Waals surface area contributed by atoms with Crippen LogP contribution >= 0.6 is 0 Å². The Balaban J connectivity index is 1.92. The molecule has 12 heteroatoms. The van der Waals surface area contributed by atoms with Gasteiger partial charge in [0.2, 0.25) is 0 Å². The minimum absolute atomic E-state index is 0.0188. The Kier molecular flexibility index (Phi) is 5.40. The van der Waals surface area contributed by atoms with Crippen molar-refractivity contribution in [2.75, 3.05) is 24.7 Å². The van der Waals surface area contributed by atoms with E-state index in [1.807, 2.05) is 0 Å². The predicted octanol–water partition coefficient (Wildman–Crippen LogP) is 3.25. The van der Waals surface area contributed by atoms with Crippen LogP contribution in [0.25, 0.3) is 5.69 Å². The van der Waals surface area contributed by atoms with E-state index in [0.717, 1.165) is 0 Å². The summed E-state index contributed by atoms with van der Waals surface area (Å²) in [4.78, 5) is 18.7. The van der Waals surface area contributed by atoms with Crippen molar-refractivity contribution >= 4 is 29.0 Å². The van der Waals surface area contributed by atoms with Crippen molar-refractivity contribution in [3.05, 3.63) is 51.8 Å². The third-order valence-electron chi connectivity index (χ3n) is 4.04. The average Bonchev–Trinajstić information content (AvgIpc) is 3.21. The number of benzene rings is 1. The molecule has 0 saturated heterocycles. The Morgan fingerprint density at radius 1 is 1.17 bits per heavy atom. The highest BCUT2D eigenvalue weighted by molar-refractivity contribution is 5.74. The Morgan fingerprint density at radius 3 is 2.45 bits per heavy atom. The van der Waals surface area contributed by atoms with Crippen molar-refractivity contribution in [3.8, 4) is 11.8 Å². The molecule has 0 saturated carbocycles. The molecule has 12 nitrogen and oxygen atoms in total. The number of nitro groups is 1. The standard InChI is InChI=1S/C17H16N10O2/c1-10-13(8-18)15(19-2)22-16(20-3)14(10)23-24-17-21-9-26(25-17)11-4-6-12(7-5-11)27(28)29/h4-7,9H,1-3H3,(H2,19,20,22)/b24-23+. The van der Waals surface area contributed by atoms with Crippen molar-refractivity contribution in [2.24, 2.45) is 10.2 Å². The van der Waals surface area contributed by atoms with Crippen molar-refractivity contribution in [2.45, 2.75) is 6.92 Å². The minimum atomic E-state index is -0.477. The third kappa shape index (κ3) is 3.83. The Hall–Kier alpha value is -4.40. The van der Waals surface area contributed by atoms with E-state index in [0.29, 0.717) is 34.1 Å². The summed E-state index contributed by atoms with van der Waals surface area (Å²) in [5, 5.41) is 38.3. The number of hydrogen-bond acceptors (Lipinski definition) is 10. The molecule has 0 bridgehead atoms. The van der Waals surface area contributed by atoms with Gasteiger partial charge in [0, 0.05) is 31.8 Å². The van der Waals surface area contributed by atoms with Gasteiger partial charge in [0.15, 0.2) is 5.82 Å². The first kappa shape index (κ1) is 19.4. The van der Waals surface area contributed by atoms with Gasteiger partial charge in [-0.15, -0.1) is 15.3 Å². The quantitative estimate of drug-likeness (QED) is 0.367. The molecule has 146 valence electrons. The molecule has 2 aromatic heterocycles. The van der Waals surface area contributed by atoms with Crippen molar-refractivity contribution < 1.29 is 4.92 Å². The Labute approximate surface area is 165 Å². The first-order valence-corrected chi connectivity index (χ1v) is 8.37. The molecule has 2 heterocycles. The van der Waals surface area contributed by atoms with E-state index in [4.69, 9.17) is 0 Å². The van der Waals surface area contributed by atoms with Crippen LogP contribution in [0.3, 0.4) is 0 Å². The van der Waals surface area contributed by atoms with Gasteiger partial charge in [0.25, 0.3) is 11.6 Å². The Bertz CT molecular complexity index is 1130. The van der Waals surface area contributed by atoms with E-state index in [1.165, 1.54) is 23.1 Å². The topological polar surface area (TPSA) is 159 Å². The van der Waals surface area contributed by atoms with E-state index in [2.05, 4.69) is 42.0 Å². The van der Waals surface area contributed by atoms with Crippen LogP contribution in [0, 0.1) is 28.4 Å². The summed E-state index contributed by atoms with van der Waals surface area (Å²) in [5.74, 6) is 0.972. The predicted molar refractivity (Wildman–Crippen MR) is 105 cm³/mol. The highest BCUT2D eigenvalue weighted by Crippen LogP contribution is 2.33. The zero-order valence-electron chi connectivity index (χ0n) is 15.8. The van der Waals surface area contributed by atoms with E-state index in [-0.39, 0.29) is 11.6 Å². The molecule has 0 aliphatic heterocycles. The highest BCUT2D eigenvalue weighted by Gasteiger charge is 2.16. The van der Waals surface area contributed by atoms with Crippen LogP contribution in [0.15, 0.2) is 40.8 Å².